The Labute approximate surface area is 128 Å². The minimum atomic E-state index is -0.164. The van der Waals surface area contributed by atoms with E-state index in [4.69, 9.17) is 0 Å². The van der Waals surface area contributed by atoms with E-state index >= 15 is 0 Å². The number of hydrogen-bond acceptors (Lipinski definition) is 3. The van der Waals surface area contributed by atoms with Crippen LogP contribution in [-0.4, -0.2) is 20.9 Å². The van der Waals surface area contributed by atoms with Gasteiger partial charge in [0.2, 0.25) is 0 Å². The quantitative estimate of drug-likeness (QED) is 0.743. The molecule has 0 fully saturated rings. The number of aromatic nitrogens is 3. The van der Waals surface area contributed by atoms with Crippen LogP contribution in [0.5, 0.6) is 0 Å². The van der Waals surface area contributed by atoms with Gasteiger partial charge >= 0.3 is 0 Å². The van der Waals surface area contributed by atoms with Gasteiger partial charge in [0.15, 0.2) is 5.69 Å². The fraction of sp³-hybridized carbons (Fsp3) is 0.118. The summed E-state index contributed by atoms with van der Waals surface area (Å²) in [6, 6.07) is 19.5. The second-order valence-corrected chi connectivity index (χ2v) is 4.93. The molecule has 0 aliphatic rings. The molecule has 1 heterocycles. The van der Waals surface area contributed by atoms with Crippen LogP contribution in [0.3, 0.4) is 0 Å². The lowest BCUT2D eigenvalue weighted by atomic mass is 10.2. The molecule has 0 N–H and O–H groups in total. The highest BCUT2D eigenvalue weighted by atomic mass is 16.2. The number of benzene rings is 2. The van der Waals surface area contributed by atoms with Gasteiger partial charge in [-0.15, -0.1) is 5.10 Å². The molecule has 22 heavy (non-hydrogen) atoms. The minimum Gasteiger partial charge on any atom is -0.303 e. The van der Waals surface area contributed by atoms with Gasteiger partial charge in [0.05, 0.1) is 12.7 Å². The van der Waals surface area contributed by atoms with Crippen LogP contribution in [0.1, 0.15) is 16.1 Å². The topological polar surface area (TPSA) is 51.0 Å². The van der Waals surface area contributed by atoms with Crippen LogP contribution in [0.15, 0.2) is 66.9 Å². The van der Waals surface area contributed by atoms with E-state index in [0.717, 1.165) is 11.3 Å². The number of rotatable bonds is 4. The highest BCUT2D eigenvalue weighted by Gasteiger charge is 2.20. The van der Waals surface area contributed by atoms with E-state index in [9.17, 15) is 4.79 Å². The summed E-state index contributed by atoms with van der Waals surface area (Å²) in [5, 5.41) is 8.09. The van der Waals surface area contributed by atoms with Gasteiger partial charge in [-0.05, 0) is 17.7 Å². The average molecular weight is 292 g/mol. The number of anilines is 1. The molecule has 3 aromatic rings. The van der Waals surface area contributed by atoms with Crippen molar-refractivity contribution in [1.29, 1.82) is 0 Å². The zero-order valence-corrected chi connectivity index (χ0v) is 12.3. The summed E-state index contributed by atoms with van der Waals surface area (Å²) >= 11 is 0. The van der Waals surface area contributed by atoms with Crippen LogP contribution in [0.4, 0.5) is 5.69 Å². The van der Waals surface area contributed by atoms with Crippen molar-refractivity contribution in [3.05, 3.63) is 78.1 Å². The molecule has 0 atom stereocenters. The van der Waals surface area contributed by atoms with Crippen LogP contribution in [0.2, 0.25) is 0 Å². The van der Waals surface area contributed by atoms with E-state index < -0.39 is 0 Å². The van der Waals surface area contributed by atoms with Crippen LogP contribution in [0.25, 0.3) is 0 Å². The largest absolute Gasteiger partial charge is 0.303 e. The summed E-state index contributed by atoms with van der Waals surface area (Å²) in [5.41, 5.74) is 2.23. The molecular weight excluding hydrogens is 276 g/mol. The van der Waals surface area contributed by atoms with Gasteiger partial charge in [-0.25, -0.2) is 0 Å². The fourth-order valence-corrected chi connectivity index (χ4v) is 2.24. The number of carbonyl (C=O) groups is 1. The van der Waals surface area contributed by atoms with Crippen molar-refractivity contribution >= 4 is 11.6 Å². The highest BCUT2D eigenvalue weighted by Crippen LogP contribution is 2.19. The first-order valence-electron chi connectivity index (χ1n) is 7.01. The molecule has 0 saturated heterocycles. The predicted molar refractivity (Wildman–Crippen MR) is 84.4 cm³/mol. The molecule has 0 bridgehead atoms. The fourth-order valence-electron chi connectivity index (χ4n) is 2.24. The highest BCUT2D eigenvalue weighted by molar-refractivity contribution is 6.04. The SMILES string of the molecule is Cn1ncc(C(=O)N(Cc2ccccc2)c2ccccc2)n1. The Morgan fingerprint density at radius 1 is 1.05 bits per heavy atom. The molecule has 0 unspecified atom stereocenters. The van der Waals surface area contributed by atoms with Gasteiger partial charge in [-0.1, -0.05) is 48.5 Å². The summed E-state index contributed by atoms with van der Waals surface area (Å²) in [5.74, 6) is -0.164. The van der Waals surface area contributed by atoms with Crippen LogP contribution in [-0.2, 0) is 13.6 Å². The van der Waals surface area contributed by atoms with Gasteiger partial charge in [0.25, 0.3) is 5.91 Å². The maximum atomic E-state index is 12.8. The Hall–Kier alpha value is -2.95. The second kappa shape index (κ2) is 6.22. The molecule has 0 aliphatic carbocycles. The van der Waals surface area contributed by atoms with Crippen molar-refractivity contribution in [3.8, 4) is 0 Å². The number of nitrogens with zero attached hydrogens (tertiary/aromatic N) is 4. The number of hydrogen-bond donors (Lipinski definition) is 0. The Morgan fingerprint density at radius 2 is 1.68 bits per heavy atom. The molecule has 0 aliphatic heterocycles. The lowest BCUT2D eigenvalue weighted by Gasteiger charge is -2.22. The molecule has 0 saturated carbocycles. The van der Waals surface area contributed by atoms with E-state index in [0.29, 0.717) is 12.2 Å². The van der Waals surface area contributed by atoms with Crippen LogP contribution < -0.4 is 4.90 Å². The van der Waals surface area contributed by atoms with Crippen molar-refractivity contribution in [1.82, 2.24) is 15.0 Å². The first-order valence-corrected chi connectivity index (χ1v) is 7.01. The van der Waals surface area contributed by atoms with E-state index in [-0.39, 0.29) is 5.91 Å². The maximum absolute atomic E-state index is 12.8. The van der Waals surface area contributed by atoms with Crippen molar-refractivity contribution in [2.45, 2.75) is 6.54 Å². The third-order valence-corrected chi connectivity index (χ3v) is 3.32. The summed E-state index contributed by atoms with van der Waals surface area (Å²) in [6.45, 7) is 0.486. The molecule has 3 rings (SSSR count). The minimum absolute atomic E-state index is 0.164. The number of aryl methyl sites for hydroxylation is 1. The maximum Gasteiger partial charge on any atom is 0.280 e. The zero-order chi connectivity index (χ0) is 15.4. The molecule has 2 aromatic carbocycles. The second-order valence-electron chi connectivity index (χ2n) is 4.93. The lowest BCUT2D eigenvalue weighted by molar-refractivity contribution is 0.0979. The van der Waals surface area contributed by atoms with E-state index in [1.165, 1.54) is 11.0 Å². The first-order chi connectivity index (χ1) is 10.7. The van der Waals surface area contributed by atoms with Gasteiger partial charge in [-0.3, -0.25) is 4.79 Å². The molecule has 0 radical (unpaired) electrons. The Morgan fingerprint density at radius 3 is 2.27 bits per heavy atom. The molecule has 5 nitrogen and oxygen atoms in total. The molecular formula is C17H16N4O. The Balaban J connectivity index is 1.94. The third kappa shape index (κ3) is 3.03. The number of amides is 1. The lowest BCUT2D eigenvalue weighted by Crippen LogP contribution is -2.30. The van der Waals surface area contributed by atoms with Crippen molar-refractivity contribution < 1.29 is 4.79 Å². The van der Waals surface area contributed by atoms with Crippen molar-refractivity contribution in [3.63, 3.8) is 0 Å². The predicted octanol–water partition coefficient (Wildman–Crippen LogP) is 2.66. The van der Waals surface area contributed by atoms with Gasteiger partial charge < -0.3 is 4.90 Å². The summed E-state index contributed by atoms with van der Waals surface area (Å²) in [4.78, 5) is 15.9. The van der Waals surface area contributed by atoms with Crippen molar-refractivity contribution in [2.24, 2.45) is 7.05 Å². The van der Waals surface area contributed by atoms with Crippen LogP contribution >= 0.6 is 0 Å². The van der Waals surface area contributed by atoms with Gasteiger partial charge in [0.1, 0.15) is 0 Å². The molecule has 110 valence electrons. The zero-order valence-electron chi connectivity index (χ0n) is 12.3. The molecule has 1 aromatic heterocycles. The third-order valence-electron chi connectivity index (χ3n) is 3.32. The summed E-state index contributed by atoms with van der Waals surface area (Å²) < 4.78 is 0. The number of carbonyl (C=O) groups excluding carboxylic acids is 1. The van der Waals surface area contributed by atoms with Crippen molar-refractivity contribution in [2.75, 3.05) is 4.90 Å². The standard InChI is InChI=1S/C17H16N4O/c1-20-18-12-16(19-20)17(22)21(15-10-6-3-7-11-15)13-14-8-4-2-5-9-14/h2-12H,13H2,1H3. The smallest absolute Gasteiger partial charge is 0.280 e. The first kappa shape index (κ1) is 14.0. The van der Waals surface area contributed by atoms with Gasteiger partial charge in [-0.2, -0.15) is 9.90 Å². The average Bonchev–Trinajstić information content (AvgIpc) is 3.00. The normalized spacial score (nSPS) is 10.4. The molecule has 5 heteroatoms. The Kier molecular flexibility index (Phi) is 3.96. The summed E-state index contributed by atoms with van der Waals surface area (Å²) in [7, 11) is 1.70. The van der Waals surface area contributed by atoms with Crippen LogP contribution in [0, 0.1) is 0 Å². The molecule has 0 spiro atoms. The number of para-hydroxylation sites is 1. The summed E-state index contributed by atoms with van der Waals surface area (Å²) in [6.07, 6.45) is 1.49. The molecule has 1 amide bonds. The van der Waals surface area contributed by atoms with E-state index in [2.05, 4.69) is 10.2 Å². The van der Waals surface area contributed by atoms with E-state index in [1.54, 1.807) is 11.9 Å². The van der Waals surface area contributed by atoms with E-state index in [1.807, 2.05) is 60.7 Å². The van der Waals surface area contributed by atoms with Gasteiger partial charge in [0, 0.05) is 12.7 Å². The monoisotopic (exact) mass is 292 g/mol. The Bertz CT molecular complexity index is 753.